The molecule has 0 aliphatic heterocycles. The minimum Gasteiger partial charge on any atom is -0.455 e. The molecule has 0 unspecified atom stereocenters. The smallest absolute Gasteiger partial charge is 0.143 e. The normalized spacial score (nSPS) is 12.1. The van der Waals surface area contributed by atoms with Gasteiger partial charge in [0.25, 0.3) is 0 Å². The van der Waals surface area contributed by atoms with Crippen molar-refractivity contribution in [2.24, 2.45) is 0 Å². The fourth-order valence-electron chi connectivity index (χ4n) is 8.66. The molecule has 252 valence electrons. The van der Waals surface area contributed by atoms with Crippen molar-refractivity contribution < 1.29 is 8.83 Å². The highest BCUT2D eigenvalue weighted by Crippen LogP contribution is 2.50. The Hall–Kier alpha value is -6.88. The van der Waals surface area contributed by atoms with E-state index in [1.54, 1.807) is 0 Å². The molecule has 0 amide bonds. The first-order chi connectivity index (χ1) is 26.8. The van der Waals surface area contributed by atoms with E-state index in [0.29, 0.717) is 0 Å². The molecule has 3 nitrogen and oxygen atoms in total. The van der Waals surface area contributed by atoms with Gasteiger partial charge in [-0.15, -0.1) is 11.3 Å². The van der Waals surface area contributed by atoms with Gasteiger partial charge in [-0.05, 0) is 77.0 Å². The van der Waals surface area contributed by atoms with Gasteiger partial charge in [0.2, 0.25) is 0 Å². The van der Waals surface area contributed by atoms with Crippen molar-refractivity contribution in [3.8, 4) is 11.1 Å². The van der Waals surface area contributed by atoms with Crippen molar-refractivity contribution in [1.82, 2.24) is 0 Å². The molecule has 0 atom stereocenters. The highest BCUT2D eigenvalue weighted by Gasteiger charge is 2.25. The van der Waals surface area contributed by atoms with Crippen molar-refractivity contribution in [1.29, 1.82) is 0 Å². The van der Waals surface area contributed by atoms with Crippen LogP contribution in [0.4, 0.5) is 17.1 Å². The van der Waals surface area contributed by atoms with Crippen LogP contribution in [0.3, 0.4) is 0 Å². The molecule has 9 aromatic carbocycles. The molecule has 0 spiro atoms. The van der Waals surface area contributed by atoms with Gasteiger partial charge in [0, 0.05) is 58.4 Å². The van der Waals surface area contributed by atoms with Gasteiger partial charge in [-0.25, -0.2) is 0 Å². The molecule has 54 heavy (non-hydrogen) atoms. The fraction of sp³-hybridized carbons (Fsp3) is 0. The van der Waals surface area contributed by atoms with Gasteiger partial charge < -0.3 is 13.7 Å². The van der Waals surface area contributed by atoms with Gasteiger partial charge in [0.1, 0.15) is 22.3 Å². The number of rotatable bonds is 4. The summed E-state index contributed by atoms with van der Waals surface area (Å²) in [5, 5.41) is 11.5. The number of para-hydroxylation sites is 1. The number of benzene rings is 9. The van der Waals surface area contributed by atoms with Crippen LogP contribution in [0.1, 0.15) is 0 Å². The lowest BCUT2D eigenvalue weighted by Crippen LogP contribution is -2.11. The summed E-state index contributed by atoms with van der Waals surface area (Å²) in [6, 6.07) is 63.1. The monoisotopic (exact) mass is 707 g/mol. The molecular formula is C50H29NO2S. The molecule has 0 bridgehead atoms. The number of fused-ring (bicyclic) bond motifs is 13. The van der Waals surface area contributed by atoms with E-state index in [-0.39, 0.29) is 0 Å². The molecule has 0 radical (unpaired) electrons. The third-order valence-electron chi connectivity index (χ3n) is 11.0. The molecule has 12 aromatic rings. The molecule has 3 aromatic heterocycles. The molecule has 0 saturated carbocycles. The predicted octanol–water partition coefficient (Wildman–Crippen LogP) is 15.3. The third-order valence-corrected chi connectivity index (χ3v) is 12.2. The SMILES string of the molecule is c1ccc(N(c2ccc3sc4ccccc4c3c2)c2cccc3oc4c5ccccc5ccc4c23)c(-c2cccc3oc4c5ccccc5ccc4c23)c1. The van der Waals surface area contributed by atoms with Crippen LogP contribution in [0.5, 0.6) is 0 Å². The molecular weight excluding hydrogens is 679 g/mol. The van der Waals surface area contributed by atoms with Crippen molar-refractivity contribution >= 4 is 114 Å². The maximum Gasteiger partial charge on any atom is 0.143 e. The van der Waals surface area contributed by atoms with Crippen LogP contribution >= 0.6 is 11.3 Å². The third kappa shape index (κ3) is 4.23. The second-order valence-corrected chi connectivity index (χ2v) is 15.1. The zero-order chi connectivity index (χ0) is 35.3. The molecule has 3 heterocycles. The van der Waals surface area contributed by atoms with Crippen LogP contribution in [0.2, 0.25) is 0 Å². The average Bonchev–Trinajstić information content (AvgIpc) is 3.93. The van der Waals surface area contributed by atoms with Crippen molar-refractivity contribution in [3.63, 3.8) is 0 Å². The van der Waals surface area contributed by atoms with Crippen LogP contribution in [-0.4, -0.2) is 0 Å². The Labute approximate surface area is 313 Å². The minimum absolute atomic E-state index is 0.859. The van der Waals surface area contributed by atoms with Gasteiger partial charge in [0.15, 0.2) is 0 Å². The predicted molar refractivity (Wildman–Crippen MR) is 229 cm³/mol. The summed E-state index contributed by atoms with van der Waals surface area (Å²) in [5.41, 5.74) is 9.01. The topological polar surface area (TPSA) is 29.5 Å². The quantitative estimate of drug-likeness (QED) is 0.182. The van der Waals surface area contributed by atoms with E-state index in [2.05, 4.69) is 181 Å². The van der Waals surface area contributed by atoms with Gasteiger partial charge in [-0.1, -0.05) is 115 Å². The Kier molecular flexibility index (Phi) is 6.21. The molecule has 0 fully saturated rings. The summed E-state index contributed by atoms with van der Waals surface area (Å²) in [7, 11) is 0. The highest BCUT2D eigenvalue weighted by atomic mass is 32.1. The van der Waals surface area contributed by atoms with E-state index < -0.39 is 0 Å². The minimum atomic E-state index is 0.859. The second kappa shape index (κ2) is 11.3. The lowest BCUT2D eigenvalue weighted by atomic mass is 9.95. The molecule has 0 N–H and O–H groups in total. The van der Waals surface area contributed by atoms with E-state index in [4.69, 9.17) is 8.83 Å². The van der Waals surface area contributed by atoms with Gasteiger partial charge >= 0.3 is 0 Å². The van der Waals surface area contributed by atoms with E-state index in [0.717, 1.165) is 88.2 Å². The lowest BCUT2D eigenvalue weighted by molar-refractivity contribution is 0.672. The number of anilines is 3. The number of hydrogen-bond donors (Lipinski definition) is 0. The number of hydrogen-bond acceptors (Lipinski definition) is 4. The summed E-state index contributed by atoms with van der Waals surface area (Å²) >= 11 is 1.84. The molecule has 12 rings (SSSR count). The standard InChI is InChI=1S/C50H29NO2S/c1-3-13-33-30(11-1)23-26-38-47-37(17-9-20-43(47)52-49(33)38)35-15-5-7-18-41(35)51(32-25-28-46-40(29-32)36-16-6-8-22-45(36)54-46)42-19-10-21-44-48(42)39-27-24-31-12-2-4-14-34(31)50(39)53-44/h1-29H. The Balaban J connectivity index is 1.18. The molecule has 4 heteroatoms. The Morgan fingerprint density at radius 1 is 0.370 bits per heavy atom. The Morgan fingerprint density at radius 3 is 1.72 bits per heavy atom. The van der Waals surface area contributed by atoms with Crippen LogP contribution in [-0.2, 0) is 0 Å². The van der Waals surface area contributed by atoms with Crippen LogP contribution in [0, 0.1) is 0 Å². The summed E-state index contributed by atoms with van der Waals surface area (Å²) in [6.07, 6.45) is 0. The van der Waals surface area contributed by atoms with E-state index in [1.807, 2.05) is 11.3 Å². The Morgan fingerprint density at radius 2 is 0.944 bits per heavy atom. The van der Waals surface area contributed by atoms with E-state index >= 15 is 0 Å². The lowest BCUT2D eigenvalue weighted by Gasteiger charge is -2.29. The highest BCUT2D eigenvalue weighted by molar-refractivity contribution is 7.25. The van der Waals surface area contributed by atoms with Crippen molar-refractivity contribution in [3.05, 3.63) is 176 Å². The van der Waals surface area contributed by atoms with Crippen LogP contribution in [0.15, 0.2) is 185 Å². The van der Waals surface area contributed by atoms with Gasteiger partial charge in [-0.3, -0.25) is 0 Å². The molecule has 0 saturated heterocycles. The fourth-order valence-corrected chi connectivity index (χ4v) is 9.74. The first-order valence-electron chi connectivity index (χ1n) is 18.3. The second-order valence-electron chi connectivity index (χ2n) is 14.0. The molecule has 0 aliphatic rings. The summed E-state index contributed by atoms with van der Waals surface area (Å²) < 4.78 is 16.0. The van der Waals surface area contributed by atoms with Crippen LogP contribution in [0.25, 0.3) is 96.7 Å². The average molecular weight is 708 g/mol. The first-order valence-corrected chi connectivity index (χ1v) is 19.1. The largest absolute Gasteiger partial charge is 0.455 e. The van der Waals surface area contributed by atoms with E-state index in [1.165, 1.54) is 25.6 Å². The van der Waals surface area contributed by atoms with E-state index in [9.17, 15) is 0 Å². The number of thiophene rings is 1. The maximum absolute atomic E-state index is 6.75. The number of nitrogens with zero attached hydrogens (tertiary/aromatic N) is 1. The Bertz CT molecular complexity index is 3470. The van der Waals surface area contributed by atoms with Gasteiger partial charge in [-0.2, -0.15) is 0 Å². The van der Waals surface area contributed by atoms with Gasteiger partial charge in [0.05, 0.1) is 16.8 Å². The first kappa shape index (κ1) is 29.7. The summed E-state index contributed by atoms with van der Waals surface area (Å²) in [4.78, 5) is 2.43. The summed E-state index contributed by atoms with van der Waals surface area (Å²) in [6.45, 7) is 0. The zero-order valence-electron chi connectivity index (χ0n) is 28.9. The molecule has 0 aliphatic carbocycles. The summed E-state index contributed by atoms with van der Waals surface area (Å²) in [5.74, 6) is 0. The zero-order valence-corrected chi connectivity index (χ0v) is 29.7. The van der Waals surface area contributed by atoms with Crippen molar-refractivity contribution in [2.45, 2.75) is 0 Å². The van der Waals surface area contributed by atoms with Crippen molar-refractivity contribution in [2.75, 3.05) is 4.90 Å². The maximum atomic E-state index is 6.75. The van der Waals surface area contributed by atoms with Crippen LogP contribution < -0.4 is 4.90 Å². The number of furan rings is 2.